The van der Waals surface area contributed by atoms with E-state index in [0.717, 1.165) is 33.2 Å². The molecule has 0 bridgehead atoms. The van der Waals surface area contributed by atoms with Crippen molar-refractivity contribution in [2.24, 2.45) is 0 Å². The van der Waals surface area contributed by atoms with Crippen molar-refractivity contribution >= 4 is 45.3 Å². The summed E-state index contributed by atoms with van der Waals surface area (Å²) in [5, 5.41) is 5.99. The lowest BCUT2D eigenvalue weighted by molar-refractivity contribution is 0.834. The smallest absolute Gasteiger partial charge is 0.156 e. The molecule has 3 heterocycles. The molecule has 0 saturated carbocycles. The van der Waals surface area contributed by atoms with E-state index in [4.69, 9.17) is 16.6 Å². The van der Waals surface area contributed by atoms with Crippen LogP contribution in [-0.2, 0) is 0 Å². The Morgan fingerprint density at radius 2 is 2.04 bits per heavy atom. The highest BCUT2D eigenvalue weighted by molar-refractivity contribution is 6.36. The van der Waals surface area contributed by atoms with E-state index in [1.165, 1.54) is 6.33 Å². The average Bonchev–Trinajstić information content (AvgIpc) is 2.67. The Morgan fingerprint density at radius 3 is 2.88 bits per heavy atom. The first kappa shape index (κ1) is 16.4. The van der Waals surface area contributed by atoms with Gasteiger partial charge in [-0.1, -0.05) is 30.3 Å². The Hall–Kier alpha value is -3.05. The van der Waals surface area contributed by atoms with Gasteiger partial charge in [0.15, 0.2) is 5.82 Å². The zero-order valence-corrected chi connectivity index (χ0v) is 14.9. The highest BCUT2D eigenvalue weighted by Crippen LogP contribution is 2.30. The summed E-state index contributed by atoms with van der Waals surface area (Å²) in [6, 6.07) is 11.5. The number of benzene rings is 1. The number of anilines is 1. The van der Waals surface area contributed by atoms with Crippen LogP contribution < -0.4 is 5.32 Å². The molecule has 0 aliphatic rings. The van der Waals surface area contributed by atoms with Gasteiger partial charge in [-0.3, -0.25) is 9.97 Å². The van der Waals surface area contributed by atoms with E-state index < -0.39 is 0 Å². The molecule has 5 nitrogen and oxygen atoms in total. The maximum atomic E-state index is 6.34. The van der Waals surface area contributed by atoms with Gasteiger partial charge in [-0.15, -0.1) is 0 Å². The molecule has 0 radical (unpaired) electrons. The fourth-order valence-corrected chi connectivity index (χ4v) is 3.24. The van der Waals surface area contributed by atoms with Crippen LogP contribution in [0.15, 0.2) is 55.5 Å². The van der Waals surface area contributed by atoms with Gasteiger partial charge < -0.3 is 5.32 Å². The van der Waals surface area contributed by atoms with Crippen molar-refractivity contribution in [1.82, 2.24) is 19.9 Å². The SMILES string of the molecule is C=Cc1nc(C(C)Nc2ncnc3cccnc23)cc2cccc(Cl)c12. The van der Waals surface area contributed by atoms with Crippen molar-refractivity contribution in [1.29, 1.82) is 0 Å². The molecule has 128 valence electrons. The number of aromatic nitrogens is 4. The van der Waals surface area contributed by atoms with Gasteiger partial charge >= 0.3 is 0 Å². The van der Waals surface area contributed by atoms with Crippen molar-refractivity contribution < 1.29 is 0 Å². The van der Waals surface area contributed by atoms with Gasteiger partial charge in [-0.25, -0.2) is 9.97 Å². The van der Waals surface area contributed by atoms with E-state index in [9.17, 15) is 0 Å². The first-order valence-electron chi connectivity index (χ1n) is 8.21. The second kappa shape index (κ2) is 6.69. The second-order valence-corrected chi connectivity index (χ2v) is 6.34. The van der Waals surface area contributed by atoms with Crippen LogP contribution in [0.3, 0.4) is 0 Å². The number of hydrogen-bond acceptors (Lipinski definition) is 5. The minimum Gasteiger partial charge on any atom is -0.360 e. The maximum Gasteiger partial charge on any atom is 0.156 e. The zero-order chi connectivity index (χ0) is 18.1. The van der Waals surface area contributed by atoms with Crippen molar-refractivity contribution in [3.8, 4) is 0 Å². The van der Waals surface area contributed by atoms with E-state index in [-0.39, 0.29) is 6.04 Å². The van der Waals surface area contributed by atoms with Crippen LogP contribution in [0.5, 0.6) is 0 Å². The van der Waals surface area contributed by atoms with Gasteiger partial charge in [-0.2, -0.15) is 0 Å². The Labute approximate surface area is 155 Å². The van der Waals surface area contributed by atoms with Crippen LogP contribution in [-0.4, -0.2) is 19.9 Å². The summed E-state index contributed by atoms with van der Waals surface area (Å²) >= 11 is 6.34. The molecule has 0 fully saturated rings. The van der Waals surface area contributed by atoms with E-state index in [2.05, 4.69) is 26.8 Å². The number of rotatable bonds is 4. The molecule has 0 aliphatic carbocycles. The normalized spacial score (nSPS) is 12.2. The van der Waals surface area contributed by atoms with Crippen molar-refractivity contribution in [2.75, 3.05) is 5.32 Å². The number of nitrogens with zero attached hydrogens (tertiary/aromatic N) is 4. The van der Waals surface area contributed by atoms with Crippen molar-refractivity contribution in [3.63, 3.8) is 0 Å². The van der Waals surface area contributed by atoms with E-state index in [1.54, 1.807) is 12.3 Å². The minimum absolute atomic E-state index is 0.0859. The summed E-state index contributed by atoms with van der Waals surface area (Å²) in [6.07, 6.45) is 4.99. The van der Waals surface area contributed by atoms with E-state index in [0.29, 0.717) is 10.8 Å². The molecular weight excluding hydrogens is 346 g/mol. The number of nitrogens with one attached hydrogen (secondary N) is 1. The minimum atomic E-state index is -0.0859. The quantitative estimate of drug-likeness (QED) is 0.551. The summed E-state index contributed by atoms with van der Waals surface area (Å²) in [4.78, 5) is 17.7. The maximum absolute atomic E-state index is 6.34. The van der Waals surface area contributed by atoms with Crippen LogP contribution in [0.4, 0.5) is 5.82 Å². The Kier molecular flexibility index (Phi) is 4.22. The van der Waals surface area contributed by atoms with Gasteiger partial charge in [0, 0.05) is 11.6 Å². The van der Waals surface area contributed by atoms with Gasteiger partial charge in [0.2, 0.25) is 0 Å². The van der Waals surface area contributed by atoms with Crippen LogP contribution in [0.25, 0.3) is 27.9 Å². The summed E-state index contributed by atoms with van der Waals surface area (Å²) in [5.41, 5.74) is 3.16. The van der Waals surface area contributed by atoms with Crippen LogP contribution in [0.2, 0.25) is 5.02 Å². The molecule has 1 N–H and O–H groups in total. The van der Waals surface area contributed by atoms with Gasteiger partial charge in [0.1, 0.15) is 11.8 Å². The highest BCUT2D eigenvalue weighted by Gasteiger charge is 2.14. The fourth-order valence-electron chi connectivity index (χ4n) is 2.97. The molecular formula is C20H16ClN5. The molecule has 0 aliphatic heterocycles. The lowest BCUT2D eigenvalue weighted by Gasteiger charge is -2.17. The number of halogens is 1. The molecule has 0 saturated heterocycles. The molecule has 1 atom stereocenters. The molecule has 4 aromatic rings. The summed E-state index contributed by atoms with van der Waals surface area (Å²) in [5.74, 6) is 0.677. The predicted molar refractivity (Wildman–Crippen MR) is 106 cm³/mol. The van der Waals surface area contributed by atoms with E-state index >= 15 is 0 Å². The lowest BCUT2D eigenvalue weighted by atomic mass is 10.1. The lowest BCUT2D eigenvalue weighted by Crippen LogP contribution is -2.11. The fraction of sp³-hybridized carbons (Fsp3) is 0.100. The van der Waals surface area contributed by atoms with Crippen LogP contribution in [0.1, 0.15) is 24.4 Å². The van der Waals surface area contributed by atoms with Crippen molar-refractivity contribution in [3.05, 3.63) is 71.9 Å². The topological polar surface area (TPSA) is 63.6 Å². The molecule has 4 rings (SSSR count). The Balaban J connectivity index is 1.76. The van der Waals surface area contributed by atoms with Gasteiger partial charge in [0.05, 0.1) is 28.0 Å². The molecule has 0 amide bonds. The third kappa shape index (κ3) is 2.86. The Bertz CT molecular complexity index is 1120. The second-order valence-electron chi connectivity index (χ2n) is 5.93. The van der Waals surface area contributed by atoms with Crippen LogP contribution in [0, 0.1) is 0 Å². The van der Waals surface area contributed by atoms with Gasteiger partial charge in [-0.05, 0) is 42.7 Å². The molecule has 1 aromatic carbocycles. The summed E-state index contributed by atoms with van der Waals surface area (Å²) < 4.78 is 0. The van der Waals surface area contributed by atoms with Gasteiger partial charge in [0.25, 0.3) is 0 Å². The average molecular weight is 362 g/mol. The summed E-state index contributed by atoms with van der Waals surface area (Å²) in [7, 11) is 0. The Morgan fingerprint density at radius 1 is 1.15 bits per heavy atom. The highest BCUT2D eigenvalue weighted by atomic mass is 35.5. The van der Waals surface area contributed by atoms with Crippen LogP contribution >= 0.6 is 11.6 Å². The standard InChI is InChI=1S/C20H16ClN5/c1-3-15-18-13(6-4-7-14(18)21)10-17(26-15)12(2)25-20-19-16(23-11-24-20)8-5-9-22-19/h3-12H,1H2,2H3,(H,23,24,25). The molecule has 6 heteroatoms. The summed E-state index contributed by atoms with van der Waals surface area (Å²) in [6.45, 7) is 5.91. The molecule has 3 aromatic heterocycles. The monoisotopic (exact) mass is 361 g/mol. The van der Waals surface area contributed by atoms with Crippen molar-refractivity contribution in [2.45, 2.75) is 13.0 Å². The first-order chi connectivity index (χ1) is 12.7. The first-order valence-corrected chi connectivity index (χ1v) is 8.59. The molecule has 1 unspecified atom stereocenters. The third-order valence-electron chi connectivity index (χ3n) is 4.24. The number of pyridine rings is 2. The largest absolute Gasteiger partial charge is 0.360 e. The molecule has 0 spiro atoms. The predicted octanol–water partition coefficient (Wildman–Crippen LogP) is 5.04. The number of hydrogen-bond donors (Lipinski definition) is 1. The number of fused-ring (bicyclic) bond motifs is 2. The van der Waals surface area contributed by atoms with E-state index in [1.807, 2.05) is 43.3 Å². The third-order valence-corrected chi connectivity index (χ3v) is 4.55. The molecule has 26 heavy (non-hydrogen) atoms. The zero-order valence-electron chi connectivity index (χ0n) is 14.1.